The van der Waals surface area contributed by atoms with Crippen molar-refractivity contribution in [1.82, 2.24) is 4.90 Å². The van der Waals surface area contributed by atoms with Crippen LogP contribution < -0.4 is 10.6 Å². The number of fused-ring (bicyclic) bond motifs is 2. The van der Waals surface area contributed by atoms with Gasteiger partial charge in [-0.3, -0.25) is 9.59 Å². The Hall–Kier alpha value is -2.60. The molecule has 2 fully saturated rings. The van der Waals surface area contributed by atoms with E-state index in [1.165, 1.54) is 6.26 Å². The molecule has 1 saturated heterocycles. The Morgan fingerprint density at radius 1 is 1.19 bits per heavy atom. The minimum absolute atomic E-state index is 0.0532. The average molecular weight is 365 g/mol. The molecule has 2 N–H and O–H groups in total. The van der Waals surface area contributed by atoms with E-state index < -0.39 is 0 Å². The molecule has 3 heterocycles. The minimum atomic E-state index is -0.0865. The number of amides is 2. The third kappa shape index (κ3) is 2.67. The number of hydrogen-bond acceptors (Lipinski definition) is 4. The molecule has 0 radical (unpaired) electrons. The fraction of sp³-hybridized carbons (Fsp3) is 0.429. The number of nitrogens with zero attached hydrogens (tertiary/aromatic N) is 2. The standard InChI is InChI=1S/C21H23N3O3/c22-17-6-5-14-10-23(12-16(14)17)21(26)20-15(7-8-27-20)11-24-18-4-2-1-3-13(18)9-19(24)25/h1-4,7-8,14,16-17H,5-6,9-12,22H2. The number of benzene rings is 1. The molecule has 2 aromatic rings. The van der Waals surface area contributed by atoms with E-state index in [2.05, 4.69) is 0 Å². The van der Waals surface area contributed by atoms with Crippen molar-refractivity contribution in [3.63, 3.8) is 0 Å². The van der Waals surface area contributed by atoms with Gasteiger partial charge in [-0.05, 0) is 42.4 Å². The summed E-state index contributed by atoms with van der Waals surface area (Å²) >= 11 is 0. The maximum absolute atomic E-state index is 13.1. The number of anilines is 1. The zero-order chi connectivity index (χ0) is 18.5. The van der Waals surface area contributed by atoms with Gasteiger partial charge in [-0.1, -0.05) is 18.2 Å². The summed E-state index contributed by atoms with van der Waals surface area (Å²) in [5, 5.41) is 0. The van der Waals surface area contributed by atoms with Crippen molar-refractivity contribution in [3.05, 3.63) is 53.5 Å². The smallest absolute Gasteiger partial charge is 0.289 e. The molecular formula is C21H23N3O3. The summed E-state index contributed by atoms with van der Waals surface area (Å²) < 4.78 is 5.56. The number of hydrogen-bond donors (Lipinski definition) is 1. The Kier molecular flexibility index (Phi) is 3.82. The van der Waals surface area contributed by atoms with Crippen LogP contribution >= 0.6 is 0 Å². The van der Waals surface area contributed by atoms with E-state index in [4.69, 9.17) is 10.2 Å². The first kappa shape index (κ1) is 16.6. The molecule has 3 atom stereocenters. The molecule has 2 amide bonds. The third-order valence-corrected chi connectivity index (χ3v) is 6.39. The molecule has 1 aliphatic carbocycles. The van der Waals surface area contributed by atoms with Crippen LogP contribution in [0.5, 0.6) is 0 Å². The van der Waals surface area contributed by atoms with Gasteiger partial charge in [0.2, 0.25) is 5.91 Å². The number of nitrogens with two attached hydrogens (primary N) is 1. The van der Waals surface area contributed by atoms with Gasteiger partial charge in [-0.15, -0.1) is 0 Å². The highest BCUT2D eigenvalue weighted by molar-refractivity contribution is 6.01. The molecule has 0 spiro atoms. The predicted octanol–water partition coefficient (Wildman–Crippen LogP) is 2.18. The van der Waals surface area contributed by atoms with E-state index in [0.717, 1.165) is 36.2 Å². The molecule has 0 bridgehead atoms. The Morgan fingerprint density at radius 2 is 2.04 bits per heavy atom. The van der Waals surface area contributed by atoms with Crippen molar-refractivity contribution in [2.75, 3.05) is 18.0 Å². The monoisotopic (exact) mass is 365 g/mol. The number of rotatable bonds is 3. The highest BCUT2D eigenvalue weighted by Gasteiger charge is 2.43. The summed E-state index contributed by atoms with van der Waals surface area (Å²) in [4.78, 5) is 29.1. The highest BCUT2D eigenvalue weighted by atomic mass is 16.3. The zero-order valence-corrected chi connectivity index (χ0v) is 15.1. The van der Waals surface area contributed by atoms with E-state index in [1.54, 1.807) is 11.0 Å². The van der Waals surface area contributed by atoms with E-state index in [9.17, 15) is 9.59 Å². The van der Waals surface area contributed by atoms with E-state index in [1.807, 2.05) is 29.2 Å². The first-order valence-corrected chi connectivity index (χ1v) is 9.61. The van der Waals surface area contributed by atoms with Crippen LogP contribution in [0.4, 0.5) is 5.69 Å². The number of carbonyl (C=O) groups is 2. The van der Waals surface area contributed by atoms with Crippen LogP contribution in [0.3, 0.4) is 0 Å². The Bertz CT molecular complexity index is 906. The molecule has 3 unspecified atom stereocenters. The van der Waals surface area contributed by atoms with Crippen molar-refractivity contribution >= 4 is 17.5 Å². The SMILES string of the molecule is NC1CCC2CN(C(=O)c3occc3CN3C(=O)Cc4ccccc43)CC12. The number of furan rings is 1. The lowest BCUT2D eigenvalue weighted by Gasteiger charge is -2.20. The fourth-order valence-corrected chi connectivity index (χ4v) is 4.92. The van der Waals surface area contributed by atoms with Crippen LogP contribution in [0.15, 0.2) is 41.0 Å². The van der Waals surface area contributed by atoms with E-state index in [-0.39, 0.29) is 17.9 Å². The third-order valence-electron chi connectivity index (χ3n) is 6.39. The maximum atomic E-state index is 13.1. The summed E-state index contributed by atoms with van der Waals surface area (Å²) in [7, 11) is 0. The predicted molar refractivity (Wildman–Crippen MR) is 100 cm³/mol. The van der Waals surface area contributed by atoms with Crippen LogP contribution in [0, 0.1) is 11.8 Å². The molecule has 3 aliphatic rings. The van der Waals surface area contributed by atoms with Crippen LogP contribution in [-0.4, -0.2) is 35.8 Å². The van der Waals surface area contributed by atoms with E-state index in [0.29, 0.717) is 37.1 Å². The van der Waals surface area contributed by atoms with Gasteiger partial charge in [0.15, 0.2) is 5.76 Å². The average Bonchev–Trinajstić information content (AvgIpc) is 3.41. The maximum Gasteiger partial charge on any atom is 0.289 e. The topological polar surface area (TPSA) is 79.8 Å². The minimum Gasteiger partial charge on any atom is -0.459 e. The van der Waals surface area contributed by atoms with Crippen LogP contribution in [-0.2, 0) is 17.8 Å². The molecule has 6 nitrogen and oxygen atoms in total. The lowest BCUT2D eigenvalue weighted by molar-refractivity contribution is -0.117. The largest absolute Gasteiger partial charge is 0.459 e. The van der Waals surface area contributed by atoms with Gasteiger partial charge >= 0.3 is 0 Å². The highest BCUT2D eigenvalue weighted by Crippen LogP contribution is 2.38. The van der Waals surface area contributed by atoms with Gasteiger partial charge < -0.3 is 20.0 Å². The number of carbonyl (C=O) groups excluding carboxylic acids is 2. The van der Waals surface area contributed by atoms with Crippen molar-refractivity contribution in [2.45, 2.75) is 31.8 Å². The van der Waals surface area contributed by atoms with Gasteiger partial charge in [0, 0.05) is 30.4 Å². The quantitative estimate of drug-likeness (QED) is 0.904. The first-order chi connectivity index (χ1) is 13.1. The molecule has 1 aromatic carbocycles. The van der Waals surface area contributed by atoms with Crippen LogP contribution in [0.1, 0.15) is 34.5 Å². The zero-order valence-electron chi connectivity index (χ0n) is 15.1. The van der Waals surface area contributed by atoms with Crippen LogP contribution in [0.2, 0.25) is 0 Å². The molecule has 5 rings (SSSR count). The molecule has 2 aliphatic heterocycles. The molecule has 1 saturated carbocycles. The van der Waals surface area contributed by atoms with Crippen molar-refractivity contribution in [1.29, 1.82) is 0 Å². The summed E-state index contributed by atoms with van der Waals surface area (Å²) in [6, 6.07) is 9.79. The van der Waals surface area contributed by atoms with Gasteiger partial charge in [0.25, 0.3) is 5.91 Å². The molecule has 27 heavy (non-hydrogen) atoms. The van der Waals surface area contributed by atoms with Gasteiger partial charge in [0.1, 0.15) is 0 Å². The number of likely N-dealkylation sites (tertiary alicyclic amines) is 1. The summed E-state index contributed by atoms with van der Waals surface area (Å²) in [5.74, 6) is 1.23. The molecule has 140 valence electrons. The summed E-state index contributed by atoms with van der Waals surface area (Å²) in [6.45, 7) is 1.81. The second-order valence-corrected chi connectivity index (χ2v) is 7.94. The Balaban J connectivity index is 1.36. The second kappa shape index (κ2) is 6.23. The Morgan fingerprint density at radius 3 is 2.89 bits per heavy atom. The Labute approximate surface area is 157 Å². The van der Waals surface area contributed by atoms with Crippen molar-refractivity contribution in [2.24, 2.45) is 17.6 Å². The number of para-hydroxylation sites is 1. The van der Waals surface area contributed by atoms with Gasteiger partial charge in [-0.2, -0.15) is 0 Å². The second-order valence-electron chi connectivity index (χ2n) is 7.94. The first-order valence-electron chi connectivity index (χ1n) is 9.61. The van der Waals surface area contributed by atoms with Crippen LogP contribution in [0.25, 0.3) is 0 Å². The fourth-order valence-electron chi connectivity index (χ4n) is 4.92. The van der Waals surface area contributed by atoms with E-state index >= 15 is 0 Å². The molecule has 1 aromatic heterocycles. The normalized spacial score (nSPS) is 26.6. The lowest BCUT2D eigenvalue weighted by Crippen LogP contribution is -2.34. The van der Waals surface area contributed by atoms with Crippen molar-refractivity contribution in [3.8, 4) is 0 Å². The van der Waals surface area contributed by atoms with Crippen molar-refractivity contribution < 1.29 is 14.0 Å². The molecular weight excluding hydrogens is 342 g/mol. The van der Waals surface area contributed by atoms with Gasteiger partial charge in [-0.25, -0.2) is 0 Å². The summed E-state index contributed by atoms with van der Waals surface area (Å²) in [6.07, 6.45) is 4.10. The van der Waals surface area contributed by atoms with Gasteiger partial charge in [0.05, 0.1) is 19.2 Å². The molecule has 6 heteroatoms. The lowest BCUT2D eigenvalue weighted by atomic mass is 9.98. The summed E-state index contributed by atoms with van der Waals surface area (Å²) in [5.41, 5.74) is 8.90.